The van der Waals surface area contributed by atoms with Gasteiger partial charge in [0.2, 0.25) is 0 Å². The number of phosphoric ester groups is 1. The highest BCUT2D eigenvalue weighted by atomic mass is 31.2. The van der Waals surface area contributed by atoms with E-state index in [-0.39, 0.29) is 19.4 Å². The summed E-state index contributed by atoms with van der Waals surface area (Å²) in [6, 6.07) is 0. The van der Waals surface area contributed by atoms with Gasteiger partial charge in [-0.3, -0.25) is 18.6 Å². The van der Waals surface area contributed by atoms with E-state index in [9.17, 15) is 29.3 Å². The number of hydrogen-bond acceptors (Lipinski definition) is 10. The summed E-state index contributed by atoms with van der Waals surface area (Å²) in [5.74, 6) is -0.163. The summed E-state index contributed by atoms with van der Waals surface area (Å²) in [5, 5.41) is 28.4. The monoisotopic (exact) mass is 857 g/mol. The first-order valence-electron chi connectivity index (χ1n) is 23.1. The molecule has 344 valence electrons. The zero-order chi connectivity index (χ0) is 43.7. The number of allylic oxidation sites excluding steroid dienone is 6. The van der Waals surface area contributed by atoms with Crippen molar-refractivity contribution in [3.63, 3.8) is 0 Å². The summed E-state index contributed by atoms with van der Waals surface area (Å²) in [5.41, 5.74) is 0. The third kappa shape index (κ3) is 41.0. The first-order valence-corrected chi connectivity index (χ1v) is 24.6. The molecule has 0 saturated heterocycles. The van der Waals surface area contributed by atoms with Gasteiger partial charge in [0, 0.05) is 12.8 Å². The van der Waals surface area contributed by atoms with E-state index in [1.807, 2.05) is 36.5 Å². The highest BCUT2D eigenvalue weighted by Gasteiger charge is 2.27. The fourth-order valence-corrected chi connectivity index (χ4v) is 6.89. The second-order valence-electron chi connectivity index (χ2n) is 15.9. The Hall–Kier alpha value is -2.11. The van der Waals surface area contributed by atoms with Crippen LogP contribution in [0.3, 0.4) is 0 Å². The SMILES string of the molecule is CCCCC/C=C\C=C/[C@@H](O)C/C=C\C/C=C/CCCC(=O)OC[C@H](COP(=O)(O)OC[C@@H](O)CO)OC(=O)CCCCCCCCCCCCCCCCC(C)CC. The maximum atomic E-state index is 12.6. The number of ether oxygens (including phenoxy) is 2. The van der Waals surface area contributed by atoms with Crippen molar-refractivity contribution >= 4 is 19.8 Å². The predicted octanol–water partition coefficient (Wildman–Crippen LogP) is 11.3. The third-order valence-corrected chi connectivity index (χ3v) is 11.1. The van der Waals surface area contributed by atoms with E-state index in [0.717, 1.165) is 31.6 Å². The molecule has 0 bridgehead atoms. The van der Waals surface area contributed by atoms with Crippen LogP contribution in [0.15, 0.2) is 48.6 Å². The number of rotatable bonds is 42. The Labute approximate surface area is 358 Å². The van der Waals surface area contributed by atoms with E-state index in [1.54, 1.807) is 6.08 Å². The lowest BCUT2D eigenvalue weighted by Crippen LogP contribution is -2.29. The fraction of sp³-hybridized carbons (Fsp3) is 0.787. The van der Waals surface area contributed by atoms with E-state index < -0.39 is 57.9 Å². The van der Waals surface area contributed by atoms with E-state index in [1.165, 1.54) is 96.3 Å². The minimum Gasteiger partial charge on any atom is -0.462 e. The number of aliphatic hydroxyl groups is 3. The Kier molecular flexibility index (Phi) is 39.8. The van der Waals surface area contributed by atoms with Gasteiger partial charge in [0.15, 0.2) is 6.10 Å². The van der Waals surface area contributed by atoms with Crippen LogP contribution < -0.4 is 0 Å². The maximum Gasteiger partial charge on any atom is 0.472 e. The molecule has 59 heavy (non-hydrogen) atoms. The summed E-state index contributed by atoms with van der Waals surface area (Å²) in [6.45, 7) is 4.58. The number of phosphoric acid groups is 1. The Morgan fingerprint density at radius 2 is 1.22 bits per heavy atom. The molecule has 11 nitrogen and oxygen atoms in total. The van der Waals surface area contributed by atoms with E-state index in [2.05, 4.69) is 31.4 Å². The summed E-state index contributed by atoms with van der Waals surface area (Å²) in [4.78, 5) is 35.0. The summed E-state index contributed by atoms with van der Waals surface area (Å²) >= 11 is 0. The molecule has 0 aliphatic rings. The minimum atomic E-state index is -4.65. The van der Waals surface area contributed by atoms with Crippen LogP contribution in [0.2, 0.25) is 0 Å². The molecule has 0 aromatic heterocycles. The Balaban J connectivity index is 4.39. The zero-order valence-electron chi connectivity index (χ0n) is 37.2. The first-order chi connectivity index (χ1) is 28.5. The number of esters is 2. The van der Waals surface area contributed by atoms with Crippen molar-refractivity contribution < 1.29 is 52.9 Å². The van der Waals surface area contributed by atoms with Crippen molar-refractivity contribution in [2.45, 2.75) is 206 Å². The van der Waals surface area contributed by atoms with Crippen LogP contribution in [0.1, 0.15) is 188 Å². The number of hydrogen-bond donors (Lipinski definition) is 4. The van der Waals surface area contributed by atoms with Gasteiger partial charge >= 0.3 is 19.8 Å². The van der Waals surface area contributed by atoms with Gasteiger partial charge in [-0.15, -0.1) is 0 Å². The Morgan fingerprint density at radius 3 is 1.85 bits per heavy atom. The number of aliphatic hydroxyl groups excluding tert-OH is 3. The second kappa shape index (κ2) is 41.3. The molecule has 0 aromatic carbocycles. The molecular weight excluding hydrogens is 771 g/mol. The van der Waals surface area contributed by atoms with Crippen LogP contribution in [0.4, 0.5) is 0 Å². The number of carbonyl (C=O) groups is 2. The second-order valence-corrected chi connectivity index (χ2v) is 17.3. The molecule has 0 radical (unpaired) electrons. The lowest BCUT2D eigenvalue weighted by molar-refractivity contribution is -0.161. The first kappa shape index (κ1) is 56.9. The maximum absolute atomic E-state index is 12.6. The molecule has 12 heteroatoms. The van der Waals surface area contributed by atoms with Gasteiger partial charge in [-0.05, 0) is 50.9 Å². The van der Waals surface area contributed by atoms with Gasteiger partial charge in [-0.2, -0.15) is 0 Å². The minimum absolute atomic E-state index is 0.132. The van der Waals surface area contributed by atoms with Crippen molar-refractivity contribution in [1.29, 1.82) is 0 Å². The highest BCUT2D eigenvalue weighted by molar-refractivity contribution is 7.47. The average Bonchev–Trinajstić information content (AvgIpc) is 3.22. The molecule has 0 saturated carbocycles. The largest absolute Gasteiger partial charge is 0.472 e. The molecule has 4 N–H and O–H groups in total. The van der Waals surface area contributed by atoms with E-state index in [0.29, 0.717) is 32.1 Å². The van der Waals surface area contributed by atoms with Crippen molar-refractivity contribution in [2.24, 2.45) is 5.92 Å². The fourth-order valence-electron chi connectivity index (χ4n) is 6.10. The van der Waals surface area contributed by atoms with Crippen molar-refractivity contribution in [3.05, 3.63) is 48.6 Å². The molecular formula is C47H85O11P. The van der Waals surface area contributed by atoms with Crippen LogP contribution in [0.5, 0.6) is 0 Å². The van der Waals surface area contributed by atoms with Gasteiger partial charge in [0.1, 0.15) is 12.7 Å². The summed E-state index contributed by atoms with van der Waals surface area (Å²) in [6.07, 6.45) is 39.6. The van der Waals surface area contributed by atoms with Crippen LogP contribution >= 0.6 is 7.82 Å². The molecule has 0 rings (SSSR count). The third-order valence-electron chi connectivity index (χ3n) is 10.1. The highest BCUT2D eigenvalue weighted by Crippen LogP contribution is 2.43. The molecule has 5 atom stereocenters. The quantitative estimate of drug-likeness (QED) is 0.0151. The van der Waals surface area contributed by atoms with Crippen molar-refractivity contribution in [1.82, 2.24) is 0 Å². The van der Waals surface area contributed by atoms with Gasteiger partial charge in [0.25, 0.3) is 0 Å². The van der Waals surface area contributed by atoms with Crippen LogP contribution in [0, 0.1) is 5.92 Å². The van der Waals surface area contributed by atoms with Gasteiger partial charge in [-0.1, -0.05) is 179 Å². The number of carbonyl (C=O) groups excluding carboxylic acids is 2. The molecule has 0 heterocycles. The smallest absolute Gasteiger partial charge is 0.462 e. The molecule has 0 aromatic rings. The van der Waals surface area contributed by atoms with Gasteiger partial charge < -0.3 is 29.7 Å². The van der Waals surface area contributed by atoms with Crippen molar-refractivity contribution in [2.75, 3.05) is 26.4 Å². The average molecular weight is 857 g/mol. The topological polar surface area (TPSA) is 169 Å². The zero-order valence-corrected chi connectivity index (χ0v) is 38.1. The van der Waals surface area contributed by atoms with Crippen LogP contribution in [0.25, 0.3) is 0 Å². The molecule has 0 aliphatic heterocycles. The molecule has 2 unspecified atom stereocenters. The molecule has 0 fully saturated rings. The molecule has 0 amide bonds. The van der Waals surface area contributed by atoms with E-state index in [4.69, 9.17) is 19.1 Å². The molecule has 0 spiro atoms. The van der Waals surface area contributed by atoms with Gasteiger partial charge in [-0.25, -0.2) is 4.57 Å². The normalized spacial score (nSPS) is 15.3. The Morgan fingerprint density at radius 1 is 0.644 bits per heavy atom. The Bertz CT molecular complexity index is 1150. The van der Waals surface area contributed by atoms with E-state index >= 15 is 0 Å². The summed E-state index contributed by atoms with van der Waals surface area (Å²) in [7, 11) is -4.65. The molecule has 0 aliphatic carbocycles. The number of unbranched alkanes of at least 4 members (excludes halogenated alkanes) is 17. The predicted molar refractivity (Wildman–Crippen MR) is 239 cm³/mol. The lowest BCUT2D eigenvalue weighted by atomic mass is 9.99. The standard InChI is InChI=1S/C47H85O11P/c1-4-6-7-8-18-24-29-34-43(49)35-30-25-20-17-22-26-31-36-46(51)55-40-45(41-57-59(53,54)56-39-44(50)38-48)58-47(52)37-32-27-21-16-14-12-10-9-11-13-15-19-23-28-33-42(3)5-2/h17-18,22,24-25,29-30,34,42-45,48-50H,4-16,19-21,23,26-28,31-33,35-41H2,1-3H3,(H,53,54)/b22-17+,24-18-,30-25-,34-29-/t42?,43-,44+,45-/m1/s1. The summed E-state index contributed by atoms with van der Waals surface area (Å²) < 4.78 is 32.7. The van der Waals surface area contributed by atoms with Gasteiger partial charge in [0.05, 0.1) is 25.9 Å². The van der Waals surface area contributed by atoms with Crippen molar-refractivity contribution in [3.8, 4) is 0 Å². The lowest BCUT2D eigenvalue weighted by Gasteiger charge is -2.20. The van der Waals surface area contributed by atoms with Crippen LogP contribution in [-0.4, -0.2) is 76.9 Å². The van der Waals surface area contributed by atoms with Crippen LogP contribution in [-0.2, 0) is 32.7 Å².